The van der Waals surface area contributed by atoms with Crippen molar-refractivity contribution in [3.63, 3.8) is 0 Å². The van der Waals surface area contributed by atoms with Crippen LogP contribution in [0.3, 0.4) is 0 Å². The topological polar surface area (TPSA) is 34.9 Å². The molecular formula is C12H12N2O. The summed E-state index contributed by atoms with van der Waals surface area (Å²) in [6.45, 7) is 1.82. The van der Waals surface area contributed by atoms with Gasteiger partial charge < -0.3 is 0 Å². The quantitative estimate of drug-likeness (QED) is 0.703. The summed E-state index contributed by atoms with van der Waals surface area (Å²) < 4.78 is 1.56. The van der Waals surface area contributed by atoms with E-state index in [1.54, 1.807) is 17.8 Å². The summed E-state index contributed by atoms with van der Waals surface area (Å²) in [4.78, 5) is 16.1. The minimum Gasteiger partial charge on any atom is -0.300 e. The van der Waals surface area contributed by atoms with Gasteiger partial charge in [0.05, 0.1) is 5.56 Å². The maximum atomic E-state index is 11.9. The first-order chi connectivity index (χ1) is 7.20. The Morgan fingerprint density at radius 1 is 1.20 bits per heavy atom. The predicted octanol–water partition coefficient (Wildman–Crippen LogP) is 1.76. The summed E-state index contributed by atoms with van der Waals surface area (Å²) in [7, 11) is 1.73. The first-order valence-electron chi connectivity index (χ1n) is 4.78. The van der Waals surface area contributed by atoms with E-state index in [-0.39, 0.29) is 5.56 Å². The molecule has 0 aliphatic carbocycles. The molecule has 0 radical (unpaired) electrons. The van der Waals surface area contributed by atoms with Crippen LogP contribution in [-0.2, 0) is 7.05 Å². The van der Waals surface area contributed by atoms with Crippen LogP contribution in [0.4, 0.5) is 0 Å². The van der Waals surface area contributed by atoms with Gasteiger partial charge in [0.25, 0.3) is 5.56 Å². The van der Waals surface area contributed by atoms with E-state index < -0.39 is 0 Å². The molecule has 0 bridgehead atoms. The van der Waals surface area contributed by atoms with Crippen LogP contribution in [0.2, 0.25) is 0 Å². The summed E-state index contributed by atoms with van der Waals surface area (Å²) in [5.41, 5.74) is 1.54. The summed E-state index contributed by atoms with van der Waals surface area (Å²) >= 11 is 0. The summed E-state index contributed by atoms with van der Waals surface area (Å²) in [5.74, 6) is 0.722. The Morgan fingerprint density at radius 2 is 1.87 bits per heavy atom. The SMILES string of the molecule is Cc1ncc(-c2ccccc2)c(=O)n1C. The molecule has 0 spiro atoms. The lowest BCUT2D eigenvalue weighted by molar-refractivity contribution is 0.777. The molecule has 76 valence electrons. The summed E-state index contributed by atoms with van der Waals surface area (Å²) in [5, 5.41) is 0. The lowest BCUT2D eigenvalue weighted by Crippen LogP contribution is -2.21. The van der Waals surface area contributed by atoms with E-state index >= 15 is 0 Å². The monoisotopic (exact) mass is 200 g/mol. The second kappa shape index (κ2) is 3.69. The van der Waals surface area contributed by atoms with Gasteiger partial charge in [0.2, 0.25) is 0 Å². The van der Waals surface area contributed by atoms with Crippen LogP contribution in [0.25, 0.3) is 11.1 Å². The van der Waals surface area contributed by atoms with Gasteiger partial charge in [-0.05, 0) is 12.5 Å². The minimum absolute atomic E-state index is 0.00583. The normalized spacial score (nSPS) is 10.3. The number of hydrogen-bond donors (Lipinski definition) is 0. The molecule has 1 aromatic heterocycles. The van der Waals surface area contributed by atoms with Crippen molar-refractivity contribution in [2.45, 2.75) is 6.92 Å². The number of hydrogen-bond acceptors (Lipinski definition) is 2. The highest BCUT2D eigenvalue weighted by Crippen LogP contribution is 2.12. The highest BCUT2D eigenvalue weighted by molar-refractivity contribution is 5.61. The standard InChI is InChI=1S/C12H12N2O/c1-9-13-8-11(12(15)14(9)2)10-6-4-3-5-7-10/h3-8H,1-2H3. The molecule has 0 aliphatic rings. The van der Waals surface area contributed by atoms with E-state index in [0.29, 0.717) is 5.56 Å². The summed E-state index contributed by atoms with van der Waals surface area (Å²) in [6.07, 6.45) is 1.63. The highest BCUT2D eigenvalue weighted by Gasteiger charge is 2.05. The Hall–Kier alpha value is -1.90. The molecule has 2 aromatic rings. The lowest BCUT2D eigenvalue weighted by atomic mass is 10.1. The second-order valence-electron chi connectivity index (χ2n) is 3.45. The first-order valence-corrected chi connectivity index (χ1v) is 4.78. The Bertz CT molecular complexity index is 529. The van der Waals surface area contributed by atoms with Gasteiger partial charge in [-0.15, -0.1) is 0 Å². The number of benzene rings is 1. The Kier molecular flexibility index (Phi) is 2.37. The molecule has 0 aliphatic heterocycles. The third-order valence-corrected chi connectivity index (χ3v) is 2.49. The third-order valence-electron chi connectivity index (χ3n) is 2.49. The van der Waals surface area contributed by atoms with Gasteiger partial charge in [0.15, 0.2) is 0 Å². The van der Waals surface area contributed by atoms with E-state index in [1.165, 1.54) is 0 Å². The average molecular weight is 200 g/mol. The van der Waals surface area contributed by atoms with E-state index in [1.807, 2.05) is 37.3 Å². The zero-order valence-electron chi connectivity index (χ0n) is 8.77. The van der Waals surface area contributed by atoms with Gasteiger partial charge in [0, 0.05) is 13.2 Å². The molecule has 0 amide bonds. The molecule has 0 saturated carbocycles. The van der Waals surface area contributed by atoms with E-state index in [9.17, 15) is 4.79 Å². The molecule has 0 unspecified atom stereocenters. The molecule has 3 nitrogen and oxygen atoms in total. The fourth-order valence-corrected chi connectivity index (χ4v) is 1.44. The fraction of sp³-hybridized carbons (Fsp3) is 0.167. The van der Waals surface area contributed by atoms with Crippen molar-refractivity contribution in [2.75, 3.05) is 0 Å². The Balaban J connectivity index is 2.66. The third kappa shape index (κ3) is 1.68. The van der Waals surface area contributed by atoms with Crippen LogP contribution in [0.15, 0.2) is 41.3 Å². The molecule has 1 aromatic carbocycles. The van der Waals surface area contributed by atoms with Crippen molar-refractivity contribution in [3.8, 4) is 11.1 Å². The van der Waals surface area contributed by atoms with Gasteiger partial charge in [-0.2, -0.15) is 0 Å². The van der Waals surface area contributed by atoms with Crippen LogP contribution in [0.1, 0.15) is 5.82 Å². The number of nitrogens with zero attached hydrogens (tertiary/aromatic N) is 2. The van der Waals surface area contributed by atoms with E-state index in [2.05, 4.69) is 4.98 Å². The van der Waals surface area contributed by atoms with Crippen molar-refractivity contribution < 1.29 is 0 Å². The van der Waals surface area contributed by atoms with Crippen LogP contribution in [0.5, 0.6) is 0 Å². The van der Waals surface area contributed by atoms with Crippen LogP contribution >= 0.6 is 0 Å². The van der Waals surface area contributed by atoms with Gasteiger partial charge >= 0.3 is 0 Å². The average Bonchev–Trinajstić information content (AvgIpc) is 2.27. The van der Waals surface area contributed by atoms with Crippen LogP contribution in [-0.4, -0.2) is 9.55 Å². The second-order valence-corrected chi connectivity index (χ2v) is 3.45. The van der Waals surface area contributed by atoms with Crippen molar-refractivity contribution in [1.82, 2.24) is 9.55 Å². The lowest BCUT2D eigenvalue weighted by Gasteiger charge is -2.05. The molecule has 3 heteroatoms. The van der Waals surface area contributed by atoms with Crippen LogP contribution < -0.4 is 5.56 Å². The van der Waals surface area contributed by atoms with Gasteiger partial charge in [-0.1, -0.05) is 30.3 Å². The largest absolute Gasteiger partial charge is 0.300 e. The van der Waals surface area contributed by atoms with Gasteiger partial charge in [0.1, 0.15) is 5.82 Å². The molecule has 2 rings (SSSR count). The minimum atomic E-state index is -0.00583. The predicted molar refractivity (Wildman–Crippen MR) is 59.7 cm³/mol. The van der Waals surface area contributed by atoms with Crippen molar-refractivity contribution >= 4 is 0 Å². The Labute approximate surface area is 88.0 Å². The molecule has 15 heavy (non-hydrogen) atoms. The zero-order valence-corrected chi connectivity index (χ0v) is 8.77. The summed E-state index contributed by atoms with van der Waals surface area (Å²) in [6, 6.07) is 9.57. The molecule has 0 N–H and O–H groups in total. The maximum absolute atomic E-state index is 11.9. The Morgan fingerprint density at radius 3 is 2.53 bits per heavy atom. The molecule has 1 heterocycles. The maximum Gasteiger partial charge on any atom is 0.261 e. The van der Waals surface area contributed by atoms with E-state index in [4.69, 9.17) is 0 Å². The number of rotatable bonds is 1. The van der Waals surface area contributed by atoms with E-state index in [0.717, 1.165) is 11.4 Å². The van der Waals surface area contributed by atoms with Crippen molar-refractivity contribution in [2.24, 2.45) is 7.05 Å². The number of aromatic nitrogens is 2. The smallest absolute Gasteiger partial charge is 0.261 e. The van der Waals surface area contributed by atoms with Gasteiger partial charge in [-0.3, -0.25) is 9.36 Å². The van der Waals surface area contributed by atoms with Crippen molar-refractivity contribution in [1.29, 1.82) is 0 Å². The molecule has 0 fully saturated rings. The van der Waals surface area contributed by atoms with Crippen LogP contribution in [0, 0.1) is 6.92 Å². The molecule has 0 saturated heterocycles. The van der Waals surface area contributed by atoms with Gasteiger partial charge in [-0.25, -0.2) is 4.98 Å². The fourth-order valence-electron chi connectivity index (χ4n) is 1.44. The highest BCUT2D eigenvalue weighted by atomic mass is 16.1. The van der Waals surface area contributed by atoms with Crippen molar-refractivity contribution in [3.05, 3.63) is 52.7 Å². The first kappa shape index (κ1) is 9.65. The molecule has 0 atom stereocenters. The zero-order chi connectivity index (χ0) is 10.8. The molecular weight excluding hydrogens is 188 g/mol. The number of aryl methyl sites for hydroxylation is 1.